The monoisotopic (exact) mass is 249 g/mol. The molecule has 0 aromatic carbocycles. The fourth-order valence-corrected chi connectivity index (χ4v) is 2.11. The van der Waals surface area contributed by atoms with Gasteiger partial charge >= 0.3 is 0 Å². The summed E-state index contributed by atoms with van der Waals surface area (Å²) in [5, 5.41) is 0.811. The third-order valence-corrected chi connectivity index (χ3v) is 2.79. The van der Waals surface area contributed by atoms with Gasteiger partial charge in [0.15, 0.2) is 0 Å². The predicted octanol–water partition coefficient (Wildman–Crippen LogP) is 1.41. The van der Waals surface area contributed by atoms with Crippen molar-refractivity contribution >= 4 is 21.8 Å². The molecule has 76 valence electrons. The van der Waals surface area contributed by atoms with Gasteiger partial charge in [-0.15, -0.1) is 0 Å². The summed E-state index contributed by atoms with van der Waals surface area (Å²) >= 11 is 3.31. The van der Waals surface area contributed by atoms with E-state index >= 15 is 0 Å². The zero-order valence-electron chi connectivity index (χ0n) is 8.18. The third-order valence-electron chi connectivity index (χ3n) is 2.44. The molecule has 1 fully saturated rings. The fourth-order valence-electron chi connectivity index (χ4n) is 1.58. The van der Waals surface area contributed by atoms with E-state index in [0.29, 0.717) is 6.61 Å². The number of hydrogen-bond acceptors (Lipinski definition) is 2. The van der Waals surface area contributed by atoms with Crippen molar-refractivity contribution in [2.75, 3.05) is 25.5 Å². The summed E-state index contributed by atoms with van der Waals surface area (Å²) in [5.41, 5.74) is -0.559. The van der Waals surface area contributed by atoms with E-state index in [4.69, 9.17) is 4.74 Å². The van der Waals surface area contributed by atoms with Crippen molar-refractivity contribution in [2.45, 2.75) is 25.4 Å². The van der Waals surface area contributed by atoms with Crippen LogP contribution in [0, 0.1) is 0 Å². The summed E-state index contributed by atoms with van der Waals surface area (Å²) in [5.74, 6) is 0.101. The molecule has 1 unspecified atom stereocenters. The minimum atomic E-state index is -0.559. The average molecular weight is 250 g/mol. The van der Waals surface area contributed by atoms with Gasteiger partial charge in [-0.05, 0) is 19.8 Å². The van der Waals surface area contributed by atoms with E-state index in [0.717, 1.165) is 24.7 Å². The zero-order chi connectivity index (χ0) is 9.90. The summed E-state index contributed by atoms with van der Waals surface area (Å²) in [6, 6.07) is 0. The van der Waals surface area contributed by atoms with Crippen LogP contribution in [0.2, 0.25) is 0 Å². The predicted molar refractivity (Wildman–Crippen MR) is 55.0 cm³/mol. The van der Waals surface area contributed by atoms with Crippen molar-refractivity contribution in [2.24, 2.45) is 0 Å². The molecule has 0 radical (unpaired) electrons. The Balaban J connectivity index is 2.54. The van der Waals surface area contributed by atoms with Gasteiger partial charge in [0, 0.05) is 25.5 Å². The molecule has 1 atom stereocenters. The average Bonchev–Trinajstić information content (AvgIpc) is 2.52. The van der Waals surface area contributed by atoms with Gasteiger partial charge in [-0.1, -0.05) is 15.9 Å². The van der Waals surface area contributed by atoms with Gasteiger partial charge in [-0.25, -0.2) is 0 Å². The van der Waals surface area contributed by atoms with Crippen LogP contribution in [0.25, 0.3) is 0 Å². The van der Waals surface area contributed by atoms with E-state index < -0.39 is 5.60 Å². The molecule has 0 bridgehead atoms. The molecule has 1 aliphatic heterocycles. The van der Waals surface area contributed by atoms with Crippen molar-refractivity contribution in [3.05, 3.63) is 0 Å². The molecule has 0 spiro atoms. The van der Waals surface area contributed by atoms with Crippen LogP contribution in [0.4, 0.5) is 0 Å². The summed E-state index contributed by atoms with van der Waals surface area (Å²) in [7, 11) is 1.82. The van der Waals surface area contributed by atoms with E-state index in [9.17, 15) is 4.79 Å². The highest BCUT2D eigenvalue weighted by Crippen LogP contribution is 2.26. The maximum absolute atomic E-state index is 11.8. The summed E-state index contributed by atoms with van der Waals surface area (Å²) in [4.78, 5) is 13.6. The van der Waals surface area contributed by atoms with Gasteiger partial charge in [0.05, 0.1) is 0 Å². The second-order valence-electron chi connectivity index (χ2n) is 3.60. The topological polar surface area (TPSA) is 29.5 Å². The molecule has 0 aromatic heterocycles. The summed E-state index contributed by atoms with van der Waals surface area (Å²) < 4.78 is 5.46. The molecule has 1 amide bonds. The quantitative estimate of drug-likeness (QED) is 0.709. The third kappa shape index (κ3) is 2.44. The van der Waals surface area contributed by atoms with Gasteiger partial charge < -0.3 is 9.64 Å². The first-order chi connectivity index (χ1) is 6.10. The van der Waals surface area contributed by atoms with E-state index in [1.165, 1.54) is 0 Å². The number of rotatable bonds is 3. The van der Waals surface area contributed by atoms with Crippen LogP contribution in [0.1, 0.15) is 19.8 Å². The van der Waals surface area contributed by atoms with Gasteiger partial charge in [-0.2, -0.15) is 0 Å². The molecule has 1 saturated heterocycles. The number of hydrogen-bond donors (Lipinski definition) is 0. The number of ether oxygens (including phenoxy) is 1. The Morgan fingerprint density at radius 3 is 2.85 bits per heavy atom. The number of carbonyl (C=O) groups excluding carboxylic acids is 1. The Hall–Kier alpha value is -0.0900. The molecule has 0 aliphatic carbocycles. The van der Waals surface area contributed by atoms with Crippen LogP contribution < -0.4 is 0 Å². The first kappa shape index (κ1) is 11.0. The number of likely N-dealkylation sites (N-methyl/N-ethyl adjacent to an activating group) is 1. The number of halogens is 1. The first-order valence-corrected chi connectivity index (χ1v) is 5.68. The lowest BCUT2D eigenvalue weighted by molar-refractivity contribution is -0.149. The highest BCUT2D eigenvalue weighted by molar-refractivity contribution is 9.09. The van der Waals surface area contributed by atoms with E-state index in [-0.39, 0.29) is 5.91 Å². The van der Waals surface area contributed by atoms with Crippen LogP contribution in [0.5, 0.6) is 0 Å². The Labute approximate surface area is 87.6 Å². The summed E-state index contributed by atoms with van der Waals surface area (Å²) in [6.07, 6.45) is 1.84. The van der Waals surface area contributed by atoms with E-state index in [2.05, 4.69) is 15.9 Å². The number of nitrogens with zero attached hydrogens (tertiary/aromatic N) is 1. The lowest BCUT2D eigenvalue weighted by Gasteiger charge is -2.27. The molecule has 3 nitrogen and oxygen atoms in total. The Bertz CT molecular complexity index is 190. The second-order valence-corrected chi connectivity index (χ2v) is 4.39. The number of carbonyl (C=O) groups is 1. The van der Waals surface area contributed by atoms with Crippen LogP contribution in [0.15, 0.2) is 0 Å². The van der Waals surface area contributed by atoms with Crippen LogP contribution >= 0.6 is 15.9 Å². The number of alkyl halides is 1. The van der Waals surface area contributed by atoms with Crippen LogP contribution in [-0.2, 0) is 9.53 Å². The minimum Gasteiger partial charge on any atom is -0.365 e. The number of amides is 1. The standard InChI is InChI=1S/C9H16BrNO2/c1-9(4-3-7-13-9)8(12)11(2)6-5-10/h3-7H2,1-2H3. The molecule has 1 heterocycles. The smallest absolute Gasteiger partial charge is 0.254 e. The molecule has 1 aliphatic rings. The van der Waals surface area contributed by atoms with Crippen molar-refractivity contribution in [1.82, 2.24) is 4.90 Å². The van der Waals surface area contributed by atoms with Gasteiger partial charge in [0.2, 0.25) is 0 Å². The second kappa shape index (κ2) is 4.42. The van der Waals surface area contributed by atoms with Crippen molar-refractivity contribution in [3.63, 3.8) is 0 Å². The Morgan fingerprint density at radius 1 is 1.69 bits per heavy atom. The van der Waals surface area contributed by atoms with Gasteiger partial charge in [0.25, 0.3) is 5.91 Å². The maximum atomic E-state index is 11.8. The van der Waals surface area contributed by atoms with Crippen molar-refractivity contribution in [1.29, 1.82) is 0 Å². The van der Waals surface area contributed by atoms with Gasteiger partial charge in [0.1, 0.15) is 5.60 Å². The van der Waals surface area contributed by atoms with E-state index in [1.807, 2.05) is 14.0 Å². The van der Waals surface area contributed by atoms with Gasteiger partial charge in [-0.3, -0.25) is 4.79 Å². The maximum Gasteiger partial charge on any atom is 0.254 e. The van der Waals surface area contributed by atoms with E-state index in [1.54, 1.807) is 4.90 Å². The van der Waals surface area contributed by atoms with Crippen LogP contribution in [0.3, 0.4) is 0 Å². The van der Waals surface area contributed by atoms with Crippen molar-refractivity contribution < 1.29 is 9.53 Å². The molecule has 0 aromatic rings. The summed E-state index contributed by atoms with van der Waals surface area (Å²) in [6.45, 7) is 3.33. The molecule has 0 N–H and O–H groups in total. The lowest BCUT2D eigenvalue weighted by atomic mass is 10.0. The Morgan fingerprint density at radius 2 is 2.38 bits per heavy atom. The highest BCUT2D eigenvalue weighted by atomic mass is 79.9. The molecular weight excluding hydrogens is 234 g/mol. The SMILES string of the molecule is CN(CCBr)C(=O)C1(C)CCCO1. The normalized spacial score (nSPS) is 27.6. The molecular formula is C9H16BrNO2. The van der Waals surface area contributed by atoms with Crippen LogP contribution in [-0.4, -0.2) is 41.9 Å². The molecule has 13 heavy (non-hydrogen) atoms. The molecule has 0 saturated carbocycles. The minimum absolute atomic E-state index is 0.101. The fraction of sp³-hybridized carbons (Fsp3) is 0.889. The lowest BCUT2D eigenvalue weighted by Crippen LogP contribution is -2.45. The first-order valence-electron chi connectivity index (χ1n) is 4.55. The highest BCUT2D eigenvalue weighted by Gasteiger charge is 2.39. The molecule has 4 heteroatoms. The molecule has 1 rings (SSSR count). The Kier molecular flexibility index (Phi) is 3.74. The zero-order valence-corrected chi connectivity index (χ0v) is 9.76. The van der Waals surface area contributed by atoms with Crippen molar-refractivity contribution in [3.8, 4) is 0 Å². The largest absolute Gasteiger partial charge is 0.365 e.